The third-order valence-electron chi connectivity index (χ3n) is 3.52. The standard InChI is InChI=1S/C16H25NO3/c1-4-12(2)15(16(18)19)17-10-7-11-20-14-9-6-5-8-13(14)3/h5-6,8-9,12,15,17H,4,7,10-11H2,1-3H3,(H,18,19)/t12-,15-/m0/s1. The molecule has 2 atom stereocenters. The number of rotatable bonds is 9. The Kier molecular flexibility index (Phi) is 7.09. The van der Waals surface area contributed by atoms with E-state index in [0.717, 1.165) is 24.2 Å². The smallest absolute Gasteiger partial charge is 0.320 e. The van der Waals surface area contributed by atoms with Crippen LogP contribution in [0.25, 0.3) is 0 Å². The van der Waals surface area contributed by atoms with Crippen molar-refractivity contribution in [2.45, 2.75) is 39.7 Å². The van der Waals surface area contributed by atoms with Gasteiger partial charge in [0.25, 0.3) is 0 Å². The Balaban J connectivity index is 2.27. The number of aliphatic carboxylic acids is 1. The van der Waals surface area contributed by atoms with E-state index in [1.807, 2.05) is 45.0 Å². The van der Waals surface area contributed by atoms with Gasteiger partial charge in [-0.3, -0.25) is 4.79 Å². The Morgan fingerprint density at radius 3 is 2.70 bits per heavy atom. The number of aryl methyl sites for hydroxylation is 1. The van der Waals surface area contributed by atoms with Crippen LogP contribution < -0.4 is 10.1 Å². The molecule has 0 fully saturated rings. The summed E-state index contributed by atoms with van der Waals surface area (Å²) in [5.41, 5.74) is 1.11. The molecule has 2 N–H and O–H groups in total. The quantitative estimate of drug-likeness (QED) is 0.682. The van der Waals surface area contributed by atoms with Crippen molar-refractivity contribution in [3.05, 3.63) is 29.8 Å². The van der Waals surface area contributed by atoms with E-state index in [9.17, 15) is 4.79 Å². The Labute approximate surface area is 121 Å². The van der Waals surface area contributed by atoms with Crippen LogP contribution in [0.1, 0.15) is 32.3 Å². The van der Waals surface area contributed by atoms with E-state index in [1.54, 1.807) is 0 Å². The molecular weight excluding hydrogens is 254 g/mol. The molecule has 4 nitrogen and oxygen atoms in total. The summed E-state index contributed by atoms with van der Waals surface area (Å²) >= 11 is 0. The maximum Gasteiger partial charge on any atom is 0.320 e. The summed E-state index contributed by atoms with van der Waals surface area (Å²) in [4.78, 5) is 11.1. The summed E-state index contributed by atoms with van der Waals surface area (Å²) in [5.74, 6) is 0.244. The summed E-state index contributed by atoms with van der Waals surface area (Å²) in [6, 6.07) is 7.41. The van der Waals surface area contributed by atoms with Crippen molar-refractivity contribution in [2.24, 2.45) is 5.92 Å². The second-order valence-corrected chi connectivity index (χ2v) is 5.12. The van der Waals surface area contributed by atoms with Crippen molar-refractivity contribution in [3.63, 3.8) is 0 Å². The number of para-hydroxylation sites is 1. The SMILES string of the molecule is CC[C@H](C)[C@H](NCCCOc1ccccc1C)C(=O)O. The lowest BCUT2D eigenvalue weighted by atomic mass is 9.99. The molecule has 20 heavy (non-hydrogen) atoms. The second kappa shape index (κ2) is 8.59. The van der Waals surface area contributed by atoms with Gasteiger partial charge in [0.2, 0.25) is 0 Å². The molecule has 0 aromatic heterocycles. The van der Waals surface area contributed by atoms with Gasteiger partial charge < -0.3 is 15.2 Å². The number of ether oxygens (including phenoxy) is 1. The molecule has 1 rings (SSSR count). The number of carbonyl (C=O) groups is 1. The molecule has 1 aromatic rings. The molecule has 0 unspecified atom stereocenters. The highest BCUT2D eigenvalue weighted by molar-refractivity contribution is 5.73. The largest absolute Gasteiger partial charge is 0.493 e. The zero-order valence-corrected chi connectivity index (χ0v) is 12.6. The minimum absolute atomic E-state index is 0.129. The maximum absolute atomic E-state index is 11.1. The lowest BCUT2D eigenvalue weighted by Gasteiger charge is -2.20. The molecule has 0 aliphatic heterocycles. The Morgan fingerprint density at radius 2 is 2.10 bits per heavy atom. The zero-order valence-electron chi connectivity index (χ0n) is 12.6. The molecule has 0 spiro atoms. The Hall–Kier alpha value is -1.55. The van der Waals surface area contributed by atoms with Crippen molar-refractivity contribution < 1.29 is 14.6 Å². The number of hydrogen-bond donors (Lipinski definition) is 2. The number of nitrogens with one attached hydrogen (secondary N) is 1. The van der Waals surface area contributed by atoms with Gasteiger partial charge in [-0.25, -0.2) is 0 Å². The normalized spacial score (nSPS) is 13.8. The average molecular weight is 279 g/mol. The zero-order chi connectivity index (χ0) is 15.0. The van der Waals surface area contributed by atoms with E-state index in [4.69, 9.17) is 9.84 Å². The summed E-state index contributed by atoms with van der Waals surface area (Å²) in [7, 11) is 0. The lowest BCUT2D eigenvalue weighted by molar-refractivity contribution is -0.140. The van der Waals surface area contributed by atoms with Gasteiger partial charge in [-0.15, -0.1) is 0 Å². The lowest BCUT2D eigenvalue weighted by Crippen LogP contribution is -2.42. The first-order valence-corrected chi connectivity index (χ1v) is 7.20. The van der Waals surface area contributed by atoms with Crippen LogP contribution >= 0.6 is 0 Å². The van der Waals surface area contributed by atoms with Gasteiger partial charge in [-0.1, -0.05) is 38.5 Å². The van der Waals surface area contributed by atoms with Crippen LogP contribution in [0.15, 0.2) is 24.3 Å². The summed E-state index contributed by atoms with van der Waals surface area (Å²) < 4.78 is 5.68. The van der Waals surface area contributed by atoms with Crippen LogP contribution in [0.3, 0.4) is 0 Å². The highest BCUT2D eigenvalue weighted by atomic mass is 16.5. The van der Waals surface area contributed by atoms with Crippen LogP contribution in [0.4, 0.5) is 0 Å². The highest BCUT2D eigenvalue weighted by Crippen LogP contribution is 2.16. The fourth-order valence-electron chi connectivity index (χ4n) is 2.00. The van der Waals surface area contributed by atoms with E-state index in [0.29, 0.717) is 13.2 Å². The van der Waals surface area contributed by atoms with E-state index >= 15 is 0 Å². The van der Waals surface area contributed by atoms with Crippen LogP contribution in [0, 0.1) is 12.8 Å². The van der Waals surface area contributed by atoms with Crippen molar-refractivity contribution in [1.29, 1.82) is 0 Å². The molecule has 0 radical (unpaired) electrons. The molecule has 0 amide bonds. The minimum atomic E-state index is -0.779. The topological polar surface area (TPSA) is 58.6 Å². The number of benzene rings is 1. The second-order valence-electron chi connectivity index (χ2n) is 5.12. The predicted molar refractivity (Wildman–Crippen MR) is 80.2 cm³/mol. The van der Waals surface area contributed by atoms with Gasteiger partial charge in [-0.2, -0.15) is 0 Å². The van der Waals surface area contributed by atoms with Crippen molar-refractivity contribution in [3.8, 4) is 5.75 Å². The molecule has 1 aromatic carbocycles. The summed E-state index contributed by atoms with van der Waals surface area (Å²) in [6.07, 6.45) is 1.64. The first kappa shape index (κ1) is 16.5. The third kappa shape index (κ3) is 5.21. The molecule has 0 aliphatic rings. The average Bonchev–Trinajstić information content (AvgIpc) is 2.43. The van der Waals surface area contributed by atoms with Crippen molar-refractivity contribution in [2.75, 3.05) is 13.2 Å². The molecule has 0 saturated carbocycles. The fourth-order valence-corrected chi connectivity index (χ4v) is 2.00. The summed E-state index contributed by atoms with van der Waals surface area (Å²) in [6.45, 7) is 7.20. The van der Waals surface area contributed by atoms with Crippen LogP contribution in [-0.4, -0.2) is 30.3 Å². The van der Waals surface area contributed by atoms with Gasteiger partial charge in [-0.05, 0) is 37.4 Å². The predicted octanol–water partition coefficient (Wildman–Crippen LogP) is 2.85. The molecule has 112 valence electrons. The molecule has 0 bridgehead atoms. The van der Waals surface area contributed by atoms with Gasteiger partial charge in [0, 0.05) is 0 Å². The fraction of sp³-hybridized carbons (Fsp3) is 0.562. The molecule has 0 saturated heterocycles. The van der Waals surface area contributed by atoms with E-state index in [1.165, 1.54) is 0 Å². The summed E-state index contributed by atoms with van der Waals surface area (Å²) in [5, 5.41) is 12.2. The van der Waals surface area contributed by atoms with Crippen LogP contribution in [0.5, 0.6) is 5.75 Å². The van der Waals surface area contributed by atoms with Crippen LogP contribution in [0.2, 0.25) is 0 Å². The van der Waals surface area contributed by atoms with Crippen LogP contribution in [-0.2, 0) is 4.79 Å². The molecule has 4 heteroatoms. The van der Waals surface area contributed by atoms with E-state index in [-0.39, 0.29) is 5.92 Å². The highest BCUT2D eigenvalue weighted by Gasteiger charge is 2.22. The Morgan fingerprint density at radius 1 is 1.40 bits per heavy atom. The van der Waals surface area contributed by atoms with Crippen molar-refractivity contribution >= 4 is 5.97 Å². The minimum Gasteiger partial charge on any atom is -0.493 e. The monoisotopic (exact) mass is 279 g/mol. The van der Waals surface area contributed by atoms with Crippen molar-refractivity contribution in [1.82, 2.24) is 5.32 Å². The third-order valence-corrected chi connectivity index (χ3v) is 3.52. The molecule has 0 aliphatic carbocycles. The maximum atomic E-state index is 11.1. The van der Waals surface area contributed by atoms with Gasteiger partial charge in [0.1, 0.15) is 11.8 Å². The Bertz CT molecular complexity index is 420. The first-order chi connectivity index (χ1) is 9.56. The molecular formula is C16H25NO3. The number of carboxylic acids is 1. The number of carboxylic acid groups (broad SMARTS) is 1. The van der Waals surface area contributed by atoms with Gasteiger partial charge in [0.05, 0.1) is 6.61 Å². The number of hydrogen-bond acceptors (Lipinski definition) is 3. The first-order valence-electron chi connectivity index (χ1n) is 7.20. The van der Waals surface area contributed by atoms with E-state index in [2.05, 4.69) is 5.32 Å². The molecule has 0 heterocycles. The van der Waals surface area contributed by atoms with Gasteiger partial charge in [0.15, 0.2) is 0 Å². The van der Waals surface area contributed by atoms with Gasteiger partial charge >= 0.3 is 5.97 Å². The van der Waals surface area contributed by atoms with E-state index < -0.39 is 12.0 Å².